The SMILES string of the molecule is COc1cc(C(=O)N(C)S(=O)(=O)c2c(C)cc(C)cc2C)ccc1C. The minimum absolute atomic E-state index is 0.174. The fourth-order valence-electron chi connectivity index (χ4n) is 2.95. The Morgan fingerprint density at radius 1 is 0.960 bits per heavy atom. The summed E-state index contributed by atoms with van der Waals surface area (Å²) in [5.74, 6) is -0.0583. The topological polar surface area (TPSA) is 63.7 Å². The zero-order valence-corrected chi connectivity index (χ0v) is 16.2. The van der Waals surface area contributed by atoms with Crippen molar-refractivity contribution in [1.29, 1.82) is 0 Å². The molecule has 2 aromatic carbocycles. The largest absolute Gasteiger partial charge is 0.496 e. The van der Waals surface area contributed by atoms with Crippen LogP contribution in [-0.4, -0.2) is 32.8 Å². The van der Waals surface area contributed by atoms with Crippen LogP contribution in [0.5, 0.6) is 5.75 Å². The molecule has 0 aliphatic heterocycles. The normalized spacial score (nSPS) is 11.3. The van der Waals surface area contributed by atoms with Gasteiger partial charge in [-0.1, -0.05) is 23.8 Å². The molecule has 0 aliphatic carbocycles. The Bertz CT molecular complexity index is 909. The average Bonchev–Trinajstić information content (AvgIpc) is 2.52. The second-order valence-electron chi connectivity index (χ2n) is 6.19. The van der Waals surface area contributed by atoms with Gasteiger partial charge in [0.05, 0.1) is 12.0 Å². The number of nitrogens with zero attached hydrogens (tertiary/aromatic N) is 1. The molecule has 0 saturated heterocycles. The van der Waals surface area contributed by atoms with E-state index in [1.54, 1.807) is 44.2 Å². The third kappa shape index (κ3) is 3.54. The number of hydrogen-bond acceptors (Lipinski definition) is 4. The van der Waals surface area contributed by atoms with Gasteiger partial charge in [-0.2, -0.15) is 0 Å². The number of carbonyl (C=O) groups is 1. The first-order chi connectivity index (χ1) is 11.6. The van der Waals surface area contributed by atoms with Crippen LogP contribution in [0, 0.1) is 27.7 Å². The van der Waals surface area contributed by atoms with Crippen molar-refractivity contribution < 1.29 is 17.9 Å². The van der Waals surface area contributed by atoms with Crippen molar-refractivity contribution in [1.82, 2.24) is 4.31 Å². The van der Waals surface area contributed by atoms with E-state index in [4.69, 9.17) is 4.74 Å². The first-order valence-electron chi connectivity index (χ1n) is 7.85. The molecule has 0 spiro atoms. The summed E-state index contributed by atoms with van der Waals surface area (Å²) in [5.41, 5.74) is 3.36. The predicted octanol–water partition coefficient (Wildman–Crippen LogP) is 3.39. The van der Waals surface area contributed by atoms with Crippen LogP contribution in [0.3, 0.4) is 0 Å². The van der Waals surface area contributed by atoms with Crippen molar-refractivity contribution in [2.45, 2.75) is 32.6 Å². The second kappa shape index (κ2) is 6.88. The van der Waals surface area contributed by atoms with Crippen molar-refractivity contribution in [2.75, 3.05) is 14.2 Å². The van der Waals surface area contributed by atoms with Crippen molar-refractivity contribution in [3.63, 3.8) is 0 Å². The minimum Gasteiger partial charge on any atom is -0.496 e. The van der Waals surface area contributed by atoms with Crippen LogP contribution in [0.1, 0.15) is 32.6 Å². The van der Waals surface area contributed by atoms with Crippen molar-refractivity contribution in [3.05, 3.63) is 58.1 Å². The molecule has 0 atom stereocenters. The molecule has 134 valence electrons. The number of methoxy groups -OCH3 is 1. The van der Waals surface area contributed by atoms with Crippen LogP contribution in [0.15, 0.2) is 35.2 Å². The average molecular weight is 361 g/mol. The molecule has 0 fully saturated rings. The molecule has 0 heterocycles. The molecule has 0 aliphatic rings. The lowest BCUT2D eigenvalue weighted by atomic mass is 10.1. The van der Waals surface area contributed by atoms with Crippen LogP contribution in [0.25, 0.3) is 0 Å². The van der Waals surface area contributed by atoms with E-state index in [2.05, 4.69) is 0 Å². The molecular weight excluding hydrogens is 338 g/mol. The fourth-order valence-corrected chi connectivity index (χ4v) is 4.48. The van der Waals surface area contributed by atoms with Crippen LogP contribution >= 0.6 is 0 Å². The second-order valence-corrected chi connectivity index (χ2v) is 8.10. The summed E-state index contributed by atoms with van der Waals surface area (Å²) in [6.07, 6.45) is 0. The molecule has 5 nitrogen and oxygen atoms in total. The Hall–Kier alpha value is -2.34. The molecule has 0 radical (unpaired) electrons. The van der Waals surface area contributed by atoms with Crippen molar-refractivity contribution >= 4 is 15.9 Å². The molecule has 2 rings (SSSR count). The summed E-state index contributed by atoms with van der Waals surface area (Å²) in [7, 11) is -1.16. The maximum Gasteiger partial charge on any atom is 0.267 e. The molecule has 25 heavy (non-hydrogen) atoms. The summed E-state index contributed by atoms with van der Waals surface area (Å²) in [6.45, 7) is 7.23. The maximum absolute atomic E-state index is 13.0. The van der Waals surface area contributed by atoms with E-state index < -0.39 is 15.9 Å². The molecule has 0 aromatic heterocycles. The van der Waals surface area contributed by atoms with Crippen LogP contribution in [0.2, 0.25) is 0 Å². The Kier molecular flexibility index (Phi) is 5.23. The lowest BCUT2D eigenvalue weighted by Crippen LogP contribution is -2.34. The van der Waals surface area contributed by atoms with E-state index in [0.717, 1.165) is 15.4 Å². The third-order valence-corrected chi connectivity index (χ3v) is 6.21. The number of carbonyl (C=O) groups excluding carboxylic acids is 1. The fraction of sp³-hybridized carbons (Fsp3) is 0.316. The van der Waals surface area contributed by atoms with Gasteiger partial charge in [0.1, 0.15) is 5.75 Å². The lowest BCUT2D eigenvalue weighted by molar-refractivity contribution is 0.0882. The van der Waals surface area contributed by atoms with E-state index >= 15 is 0 Å². The Balaban J connectivity index is 2.49. The van der Waals surface area contributed by atoms with Gasteiger partial charge in [0.15, 0.2) is 0 Å². The van der Waals surface area contributed by atoms with Gasteiger partial charge in [-0.05, 0) is 56.5 Å². The summed E-state index contributed by atoms with van der Waals surface area (Å²) in [4.78, 5) is 12.9. The van der Waals surface area contributed by atoms with Gasteiger partial charge in [0, 0.05) is 12.6 Å². The number of amides is 1. The number of ether oxygens (including phenoxy) is 1. The van der Waals surface area contributed by atoms with Gasteiger partial charge < -0.3 is 4.74 Å². The van der Waals surface area contributed by atoms with E-state index in [1.165, 1.54) is 14.2 Å². The van der Waals surface area contributed by atoms with Gasteiger partial charge >= 0.3 is 0 Å². The summed E-state index contributed by atoms with van der Waals surface area (Å²) < 4.78 is 32.0. The van der Waals surface area contributed by atoms with Crippen LogP contribution in [0.4, 0.5) is 0 Å². The quantitative estimate of drug-likeness (QED) is 0.837. The van der Waals surface area contributed by atoms with Gasteiger partial charge in [-0.15, -0.1) is 0 Å². The highest BCUT2D eigenvalue weighted by molar-refractivity contribution is 7.89. The van der Waals surface area contributed by atoms with E-state index in [0.29, 0.717) is 16.9 Å². The predicted molar refractivity (Wildman–Crippen MR) is 97.7 cm³/mol. The van der Waals surface area contributed by atoms with Gasteiger partial charge in [0.2, 0.25) is 0 Å². The molecule has 0 unspecified atom stereocenters. The van der Waals surface area contributed by atoms with E-state index in [9.17, 15) is 13.2 Å². The maximum atomic E-state index is 13.0. The third-order valence-electron chi connectivity index (χ3n) is 4.16. The number of rotatable bonds is 4. The number of sulfonamides is 1. The summed E-state index contributed by atoms with van der Waals surface area (Å²) >= 11 is 0. The smallest absolute Gasteiger partial charge is 0.267 e. The monoisotopic (exact) mass is 361 g/mol. The van der Waals surface area contributed by atoms with Crippen molar-refractivity contribution in [3.8, 4) is 5.75 Å². The van der Waals surface area contributed by atoms with Crippen LogP contribution in [-0.2, 0) is 10.0 Å². The highest BCUT2D eigenvalue weighted by atomic mass is 32.2. The van der Waals surface area contributed by atoms with Gasteiger partial charge in [-0.3, -0.25) is 4.79 Å². The Morgan fingerprint density at radius 3 is 2.04 bits per heavy atom. The van der Waals surface area contributed by atoms with Crippen LogP contribution < -0.4 is 4.74 Å². The summed E-state index contributed by atoms with van der Waals surface area (Å²) in [5, 5.41) is 0. The van der Waals surface area contributed by atoms with Crippen molar-refractivity contribution in [2.24, 2.45) is 0 Å². The van der Waals surface area contributed by atoms with Gasteiger partial charge in [0.25, 0.3) is 15.9 Å². The molecule has 2 aromatic rings. The zero-order valence-electron chi connectivity index (χ0n) is 15.4. The number of aryl methyl sites for hydroxylation is 4. The molecular formula is C19H23NO4S. The summed E-state index contributed by atoms with van der Waals surface area (Å²) in [6, 6.07) is 8.48. The van der Waals surface area contributed by atoms with E-state index in [-0.39, 0.29) is 10.5 Å². The highest BCUT2D eigenvalue weighted by Crippen LogP contribution is 2.26. The molecule has 6 heteroatoms. The molecule has 0 saturated carbocycles. The lowest BCUT2D eigenvalue weighted by Gasteiger charge is -2.21. The number of benzene rings is 2. The highest BCUT2D eigenvalue weighted by Gasteiger charge is 2.29. The molecule has 0 bridgehead atoms. The Labute approximate surface area is 149 Å². The van der Waals surface area contributed by atoms with E-state index in [1.807, 2.05) is 13.8 Å². The standard InChI is InChI=1S/C19H23NO4S/c1-12-9-14(3)18(15(4)10-12)25(22,23)20(5)19(21)16-8-7-13(2)17(11-16)24-6/h7-11H,1-6H3. The minimum atomic E-state index is -3.95. The zero-order chi connectivity index (χ0) is 18.9. The van der Waals surface area contributed by atoms with Gasteiger partial charge in [-0.25, -0.2) is 12.7 Å². The molecule has 1 amide bonds. The Morgan fingerprint density at radius 2 is 1.52 bits per heavy atom. The molecule has 0 N–H and O–H groups in total. The first-order valence-corrected chi connectivity index (χ1v) is 9.29. The first kappa shape index (κ1) is 19.0. The number of hydrogen-bond donors (Lipinski definition) is 0.